The zero-order chi connectivity index (χ0) is 18.6. The van der Waals surface area contributed by atoms with Crippen molar-refractivity contribution < 1.29 is 4.79 Å². The number of allylic oxidation sites excluding steroid dienone is 6. The molecule has 1 saturated carbocycles. The molecule has 2 N–H and O–H groups in total. The Bertz CT molecular complexity index is 660. The van der Waals surface area contributed by atoms with E-state index in [0.717, 1.165) is 23.7 Å². The molecular formula is C22H32N2O. The fourth-order valence-corrected chi connectivity index (χ4v) is 3.19. The van der Waals surface area contributed by atoms with Crippen molar-refractivity contribution in [3.63, 3.8) is 0 Å². The van der Waals surface area contributed by atoms with E-state index in [4.69, 9.17) is 0 Å². The van der Waals surface area contributed by atoms with E-state index in [2.05, 4.69) is 63.1 Å². The van der Waals surface area contributed by atoms with Gasteiger partial charge in [-0.05, 0) is 59.0 Å². The molecule has 0 heterocycles. The van der Waals surface area contributed by atoms with Crippen LogP contribution in [0.2, 0.25) is 0 Å². The maximum absolute atomic E-state index is 11.5. The van der Waals surface area contributed by atoms with Gasteiger partial charge in [0.1, 0.15) is 0 Å². The van der Waals surface area contributed by atoms with Crippen LogP contribution in [0.25, 0.3) is 0 Å². The standard InChI is InChI=1S/C22H32N2O/c1-14-7-12-21(22(13-14)24-19(6)25)18(5)23-16(3)9-8-15(2)17(4)20-10-11-20/h7-9,13,16,20-21,23H,5,10-12H2,1-4,6H3,(H,24,25)/b9-8-,17-15+. The summed E-state index contributed by atoms with van der Waals surface area (Å²) in [6, 6.07) is 0.194. The zero-order valence-corrected chi connectivity index (χ0v) is 16.3. The van der Waals surface area contributed by atoms with Gasteiger partial charge in [-0.2, -0.15) is 0 Å². The lowest BCUT2D eigenvalue weighted by molar-refractivity contribution is -0.118. The maximum Gasteiger partial charge on any atom is 0.221 e. The monoisotopic (exact) mass is 340 g/mol. The molecule has 0 aromatic carbocycles. The average molecular weight is 341 g/mol. The van der Waals surface area contributed by atoms with E-state index in [1.807, 2.05) is 6.08 Å². The fourth-order valence-electron chi connectivity index (χ4n) is 3.19. The number of nitrogens with one attached hydrogen (secondary N) is 2. The highest BCUT2D eigenvalue weighted by atomic mass is 16.1. The molecule has 1 amide bonds. The predicted octanol–water partition coefficient (Wildman–Crippen LogP) is 4.77. The summed E-state index contributed by atoms with van der Waals surface area (Å²) in [6.45, 7) is 14.4. The van der Waals surface area contributed by atoms with Gasteiger partial charge in [0.2, 0.25) is 5.91 Å². The Morgan fingerprint density at radius 1 is 1.32 bits per heavy atom. The summed E-state index contributed by atoms with van der Waals surface area (Å²) in [5.41, 5.74) is 5.95. The Labute approximate surface area is 152 Å². The average Bonchev–Trinajstić information content (AvgIpc) is 3.36. The highest BCUT2D eigenvalue weighted by Gasteiger charge is 2.24. The minimum absolute atomic E-state index is 0.0389. The Morgan fingerprint density at radius 3 is 2.60 bits per heavy atom. The molecule has 2 aliphatic carbocycles. The van der Waals surface area contributed by atoms with Crippen LogP contribution in [0.3, 0.4) is 0 Å². The Kier molecular flexibility index (Phi) is 6.46. The first kappa shape index (κ1) is 19.3. The number of hydrogen-bond donors (Lipinski definition) is 2. The van der Waals surface area contributed by atoms with Crippen molar-refractivity contribution in [3.05, 3.63) is 59.0 Å². The van der Waals surface area contributed by atoms with Crippen molar-refractivity contribution in [3.8, 4) is 0 Å². The van der Waals surface area contributed by atoms with Gasteiger partial charge in [-0.15, -0.1) is 0 Å². The first-order valence-electron chi connectivity index (χ1n) is 9.24. The minimum atomic E-state index is -0.0389. The molecular weight excluding hydrogens is 308 g/mol. The summed E-state index contributed by atoms with van der Waals surface area (Å²) in [4.78, 5) is 11.5. The molecule has 0 aromatic heterocycles. The van der Waals surface area contributed by atoms with Gasteiger partial charge in [0, 0.05) is 30.3 Å². The van der Waals surface area contributed by atoms with Crippen molar-refractivity contribution in [2.24, 2.45) is 11.8 Å². The zero-order valence-electron chi connectivity index (χ0n) is 16.3. The third-order valence-electron chi connectivity index (χ3n) is 5.03. The second kappa shape index (κ2) is 8.37. The summed E-state index contributed by atoms with van der Waals surface area (Å²) >= 11 is 0. The number of amides is 1. The number of hydrogen-bond acceptors (Lipinski definition) is 2. The highest BCUT2D eigenvalue weighted by molar-refractivity contribution is 5.75. The van der Waals surface area contributed by atoms with Crippen LogP contribution < -0.4 is 10.6 Å². The minimum Gasteiger partial charge on any atom is -0.382 e. The van der Waals surface area contributed by atoms with Crippen molar-refractivity contribution in [1.82, 2.24) is 10.6 Å². The van der Waals surface area contributed by atoms with E-state index in [1.165, 1.54) is 29.6 Å². The van der Waals surface area contributed by atoms with Crippen LogP contribution in [0, 0.1) is 11.8 Å². The van der Waals surface area contributed by atoms with Crippen molar-refractivity contribution in [2.45, 2.75) is 59.9 Å². The van der Waals surface area contributed by atoms with Crippen LogP contribution in [0.1, 0.15) is 53.9 Å². The molecule has 2 rings (SSSR count). The number of carbonyl (C=O) groups is 1. The van der Waals surface area contributed by atoms with E-state index >= 15 is 0 Å². The first-order chi connectivity index (χ1) is 11.8. The second-order valence-electron chi connectivity index (χ2n) is 7.47. The smallest absolute Gasteiger partial charge is 0.221 e. The lowest BCUT2D eigenvalue weighted by Crippen LogP contribution is -2.33. The predicted molar refractivity (Wildman–Crippen MR) is 106 cm³/mol. The van der Waals surface area contributed by atoms with Crippen LogP contribution in [0.5, 0.6) is 0 Å². The molecule has 136 valence electrons. The van der Waals surface area contributed by atoms with Crippen LogP contribution in [0.15, 0.2) is 59.0 Å². The van der Waals surface area contributed by atoms with Gasteiger partial charge in [0.25, 0.3) is 0 Å². The van der Waals surface area contributed by atoms with Crippen molar-refractivity contribution >= 4 is 5.91 Å². The molecule has 0 spiro atoms. The molecule has 3 nitrogen and oxygen atoms in total. The topological polar surface area (TPSA) is 41.1 Å². The van der Waals surface area contributed by atoms with Gasteiger partial charge in [0.15, 0.2) is 0 Å². The van der Waals surface area contributed by atoms with Crippen LogP contribution >= 0.6 is 0 Å². The third-order valence-corrected chi connectivity index (χ3v) is 5.03. The molecule has 0 saturated heterocycles. The summed E-state index contributed by atoms with van der Waals surface area (Å²) in [5, 5.41) is 6.44. The van der Waals surface area contributed by atoms with Gasteiger partial charge in [-0.1, -0.05) is 41.5 Å². The Morgan fingerprint density at radius 2 is 2.00 bits per heavy atom. The van der Waals surface area contributed by atoms with Crippen LogP contribution in [-0.4, -0.2) is 11.9 Å². The first-order valence-corrected chi connectivity index (χ1v) is 9.24. The van der Waals surface area contributed by atoms with E-state index in [1.54, 1.807) is 6.92 Å². The lowest BCUT2D eigenvalue weighted by atomic mass is 9.90. The normalized spacial score (nSPS) is 22.7. The van der Waals surface area contributed by atoms with Gasteiger partial charge in [-0.3, -0.25) is 4.79 Å². The fraction of sp³-hybridized carbons (Fsp3) is 0.500. The highest BCUT2D eigenvalue weighted by Crippen LogP contribution is 2.37. The molecule has 0 radical (unpaired) electrons. The second-order valence-corrected chi connectivity index (χ2v) is 7.47. The molecule has 2 aliphatic rings. The molecule has 2 atom stereocenters. The van der Waals surface area contributed by atoms with Crippen LogP contribution in [0.4, 0.5) is 0 Å². The molecule has 3 heteroatoms. The molecule has 2 unspecified atom stereocenters. The lowest BCUT2D eigenvalue weighted by Gasteiger charge is -2.27. The quantitative estimate of drug-likeness (QED) is 0.656. The van der Waals surface area contributed by atoms with Gasteiger partial charge in [0.05, 0.1) is 0 Å². The molecule has 0 bridgehead atoms. The number of carbonyl (C=O) groups excluding carboxylic acids is 1. The van der Waals surface area contributed by atoms with Crippen molar-refractivity contribution in [1.29, 1.82) is 0 Å². The summed E-state index contributed by atoms with van der Waals surface area (Å²) in [7, 11) is 0. The van der Waals surface area contributed by atoms with Crippen molar-refractivity contribution in [2.75, 3.05) is 0 Å². The SMILES string of the molecule is C=C(NC(C)/C=C\C(C)=C(/C)C1CC1)C1CC=C(C)C=C1NC(C)=O. The van der Waals surface area contributed by atoms with Crippen LogP contribution in [-0.2, 0) is 4.79 Å². The van der Waals surface area contributed by atoms with Gasteiger partial charge < -0.3 is 10.6 Å². The summed E-state index contributed by atoms with van der Waals surface area (Å²) < 4.78 is 0. The van der Waals surface area contributed by atoms with E-state index < -0.39 is 0 Å². The maximum atomic E-state index is 11.5. The summed E-state index contributed by atoms with van der Waals surface area (Å²) in [5.74, 6) is 0.877. The van der Waals surface area contributed by atoms with Gasteiger partial charge in [-0.25, -0.2) is 0 Å². The molecule has 25 heavy (non-hydrogen) atoms. The summed E-state index contributed by atoms with van der Waals surface area (Å²) in [6.07, 6.45) is 12.2. The largest absolute Gasteiger partial charge is 0.382 e. The molecule has 0 aliphatic heterocycles. The third kappa shape index (κ3) is 5.77. The van der Waals surface area contributed by atoms with Gasteiger partial charge >= 0.3 is 0 Å². The molecule has 1 fully saturated rings. The number of rotatable bonds is 7. The molecule has 0 aromatic rings. The van der Waals surface area contributed by atoms with E-state index in [0.29, 0.717) is 0 Å². The Hall–Kier alpha value is -2.03. The van der Waals surface area contributed by atoms with E-state index in [-0.39, 0.29) is 17.9 Å². The van der Waals surface area contributed by atoms with E-state index in [9.17, 15) is 4.79 Å². The Balaban J connectivity index is 1.97.